The van der Waals surface area contributed by atoms with Crippen LogP contribution in [0.2, 0.25) is 0 Å². The zero-order valence-electron chi connectivity index (χ0n) is 9.45. The van der Waals surface area contributed by atoms with Gasteiger partial charge in [-0.05, 0) is 18.6 Å². The van der Waals surface area contributed by atoms with Crippen LogP contribution in [0.1, 0.15) is 15.9 Å². The third-order valence-electron chi connectivity index (χ3n) is 2.32. The number of carbonyl (C=O) groups excluding carboxylic acids is 1. The number of alkyl halides is 3. The van der Waals surface area contributed by atoms with E-state index in [-0.39, 0.29) is 11.3 Å². The molecule has 0 saturated heterocycles. The molecule has 18 heavy (non-hydrogen) atoms. The number of benzene rings is 1. The molecule has 0 heterocycles. The summed E-state index contributed by atoms with van der Waals surface area (Å²) in [5.41, 5.74) is 0.295. The van der Waals surface area contributed by atoms with Gasteiger partial charge in [0.1, 0.15) is 5.75 Å². The van der Waals surface area contributed by atoms with Crippen molar-refractivity contribution in [3.05, 3.63) is 29.3 Å². The normalized spacial score (nSPS) is 13.2. The number of amides is 1. The summed E-state index contributed by atoms with van der Waals surface area (Å²) in [7, 11) is 0. The van der Waals surface area contributed by atoms with Crippen molar-refractivity contribution in [2.24, 2.45) is 0 Å². The Hall–Kier alpha value is -1.76. The minimum absolute atomic E-state index is 0.135. The fourth-order valence-electron chi connectivity index (χ4n) is 1.24. The van der Waals surface area contributed by atoms with Crippen LogP contribution in [0, 0.1) is 6.92 Å². The van der Waals surface area contributed by atoms with Crippen molar-refractivity contribution in [1.29, 1.82) is 0 Å². The molecule has 100 valence electrons. The Morgan fingerprint density at radius 2 is 2.06 bits per heavy atom. The van der Waals surface area contributed by atoms with Gasteiger partial charge in [0.05, 0.1) is 12.1 Å². The number of aromatic hydroxyl groups is 1. The van der Waals surface area contributed by atoms with E-state index in [1.54, 1.807) is 13.0 Å². The Kier molecular flexibility index (Phi) is 4.18. The molecule has 0 aromatic heterocycles. The van der Waals surface area contributed by atoms with Crippen molar-refractivity contribution in [1.82, 2.24) is 5.32 Å². The number of phenolic OH excluding ortho intramolecular Hbond substituents is 1. The topological polar surface area (TPSA) is 69.6 Å². The second kappa shape index (κ2) is 5.26. The van der Waals surface area contributed by atoms with Crippen molar-refractivity contribution >= 4 is 5.91 Å². The fourth-order valence-corrected chi connectivity index (χ4v) is 1.24. The lowest BCUT2D eigenvalue weighted by atomic mass is 10.1. The molecule has 0 spiro atoms. The van der Waals surface area contributed by atoms with Gasteiger partial charge in [-0.1, -0.05) is 12.1 Å². The molecule has 0 radical (unpaired) electrons. The second-order valence-corrected chi connectivity index (χ2v) is 3.74. The van der Waals surface area contributed by atoms with E-state index in [0.717, 1.165) is 0 Å². The zero-order chi connectivity index (χ0) is 13.9. The molecule has 0 bridgehead atoms. The number of aliphatic hydroxyl groups excluding tert-OH is 1. The minimum Gasteiger partial charge on any atom is -0.507 e. The van der Waals surface area contributed by atoms with Crippen LogP contribution < -0.4 is 5.32 Å². The highest BCUT2D eigenvalue weighted by Gasteiger charge is 2.38. The Labute approximate surface area is 101 Å². The average molecular weight is 263 g/mol. The number of carbonyl (C=O) groups is 1. The monoisotopic (exact) mass is 263 g/mol. The quantitative estimate of drug-likeness (QED) is 0.771. The third-order valence-corrected chi connectivity index (χ3v) is 2.32. The summed E-state index contributed by atoms with van der Waals surface area (Å²) in [5, 5.41) is 20.2. The number of rotatable bonds is 3. The lowest BCUT2D eigenvalue weighted by Gasteiger charge is -2.15. The molecule has 7 heteroatoms. The van der Waals surface area contributed by atoms with Crippen molar-refractivity contribution in [3.8, 4) is 5.75 Å². The number of para-hydroxylation sites is 1. The third kappa shape index (κ3) is 3.36. The van der Waals surface area contributed by atoms with Gasteiger partial charge < -0.3 is 15.5 Å². The highest BCUT2D eigenvalue weighted by atomic mass is 19.4. The number of hydrogen-bond donors (Lipinski definition) is 3. The summed E-state index contributed by atoms with van der Waals surface area (Å²) in [4.78, 5) is 11.5. The SMILES string of the molecule is Cc1cccc(C(=O)NCC(O)C(F)(F)F)c1O. The largest absolute Gasteiger partial charge is 0.507 e. The fraction of sp³-hybridized carbons (Fsp3) is 0.364. The Bertz CT molecular complexity index is 446. The molecule has 0 aliphatic rings. The lowest BCUT2D eigenvalue weighted by Crippen LogP contribution is -2.40. The Morgan fingerprint density at radius 3 is 2.61 bits per heavy atom. The van der Waals surface area contributed by atoms with E-state index in [1.807, 2.05) is 5.32 Å². The highest BCUT2D eigenvalue weighted by Crippen LogP contribution is 2.22. The van der Waals surface area contributed by atoms with E-state index in [4.69, 9.17) is 5.11 Å². The summed E-state index contributed by atoms with van der Waals surface area (Å²) in [6.45, 7) is 0.590. The molecule has 1 amide bonds. The van der Waals surface area contributed by atoms with Gasteiger partial charge in [-0.2, -0.15) is 13.2 Å². The molecule has 0 fully saturated rings. The molecule has 1 rings (SSSR count). The molecule has 0 aliphatic carbocycles. The highest BCUT2D eigenvalue weighted by molar-refractivity contribution is 5.97. The molecule has 4 nitrogen and oxygen atoms in total. The lowest BCUT2D eigenvalue weighted by molar-refractivity contribution is -0.201. The van der Waals surface area contributed by atoms with E-state index in [2.05, 4.69) is 0 Å². The number of halogens is 3. The smallest absolute Gasteiger partial charge is 0.416 e. The first-order chi connectivity index (χ1) is 8.23. The molecule has 1 atom stereocenters. The van der Waals surface area contributed by atoms with E-state index in [9.17, 15) is 23.1 Å². The second-order valence-electron chi connectivity index (χ2n) is 3.74. The van der Waals surface area contributed by atoms with Gasteiger partial charge in [0.15, 0.2) is 6.10 Å². The number of hydrogen-bond acceptors (Lipinski definition) is 3. The molecule has 0 aliphatic heterocycles. The first-order valence-electron chi connectivity index (χ1n) is 5.05. The molecule has 0 saturated carbocycles. The van der Waals surface area contributed by atoms with Gasteiger partial charge in [-0.25, -0.2) is 0 Å². The van der Waals surface area contributed by atoms with E-state index in [0.29, 0.717) is 5.56 Å². The first kappa shape index (κ1) is 14.3. The van der Waals surface area contributed by atoms with Crippen LogP contribution in [0.5, 0.6) is 5.75 Å². The van der Waals surface area contributed by atoms with Gasteiger partial charge in [0, 0.05) is 0 Å². The summed E-state index contributed by atoms with van der Waals surface area (Å²) >= 11 is 0. The number of nitrogens with one attached hydrogen (secondary N) is 1. The molecule has 1 unspecified atom stereocenters. The average Bonchev–Trinajstić information content (AvgIpc) is 2.27. The number of aryl methyl sites for hydroxylation is 1. The first-order valence-corrected chi connectivity index (χ1v) is 5.05. The van der Waals surface area contributed by atoms with Crippen molar-refractivity contribution in [3.63, 3.8) is 0 Å². The molecular formula is C11H12F3NO3. The number of aliphatic hydroxyl groups is 1. The summed E-state index contributed by atoms with van der Waals surface area (Å²) in [6, 6.07) is 4.32. The summed E-state index contributed by atoms with van der Waals surface area (Å²) < 4.78 is 36.0. The van der Waals surface area contributed by atoms with Crippen molar-refractivity contribution < 1.29 is 28.2 Å². The van der Waals surface area contributed by atoms with Crippen LogP contribution in [-0.4, -0.2) is 34.9 Å². The van der Waals surface area contributed by atoms with Gasteiger partial charge in [-0.15, -0.1) is 0 Å². The Balaban J connectivity index is 2.70. The van der Waals surface area contributed by atoms with Crippen molar-refractivity contribution in [2.45, 2.75) is 19.2 Å². The minimum atomic E-state index is -4.79. The van der Waals surface area contributed by atoms with Crippen LogP contribution in [0.3, 0.4) is 0 Å². The molecule has 1 aromatic carbocycles. The van der Waals surface area contributed by atoms with Crippen LogP contribution in [0.4, 0.5) is 13.2 Å². The zero-order valence-corrected chi connectivity index (χ0v) is 9.45. The van der Waals surface area contributed by atoms with E-state index >= 15 is 0 Å². The number of phenols is 1. The summed E-state index contributed by atoms with van der Waals surface area (Å²) in [6.07, 6.45) is -7.42. The maximum atomic E-state index is 12.0. The van der Waals surface area contributed by atoms with Gasteiger partial charge >= 0.3 is 6.18 Å². The van der Waals surface area contributed by atoms with Gasteiger partial charge in [-0.3, -0.25) is 4.79 Å². The maximum absolute atomic E-state index is 12.0. The van der Waals surface area contributed by atoms with E-state index < -0.39 is 24.7 Å². The van der Waals surface area contributed by atoms with E-state index in [1.165, 1.54) is 12.1 Å². The predicted octanol–water partition coefficient (Wildman–Crippen LogP) is 1.35. The van der Waals surface area contributed by atoms with Crippen LogP contribution in [0.25, 0.3) is 0 Å². The van der Waals surface area contributed by atoms with Gasteiger partial charge in [0.2, 0.25) is 0 Å². The molecular weight excluding hydrogens is 251 g/mol. The van der Waals surface area contributed by atoms with Crippen molar-refractivity contribution in [2.75, 3.05) is 6.54 Å². The Morgan fingerprint density at radius 1 is 1.44 bits per heavy atom. The summed E-state index contributed by atoms with van der Waals surface area (Å²) in [5.74, 6) is -1.17. The van der Waals surface area contributed by atoms with Crippen LogP contribution >= 0.6 is 0 Å². The van der Waals surface area contributed by atoms with Gasteiger partial charge in [0.25, 0.3) is 5.91 Å². The van der Waals surface area contributed by atoms with Crippen LogP contribution in [-0.2, 0) is 0 Å². The maximum Gasteiger partial charge on any atom is 0.416 e. The van der Waals surface area contributed by atoms with Crippen LogP contribution in [0.15, 0.2) is 18.2 Å². The molecule has 3 N–H and O–H groups in total. The predicted molar refractivity (Wildman–Crippen MR) is 57.2 cm³/mol. The molecule has 1 aromatic rings. The standard InChI is InChI=1S/C11H12F3NO3/c1-6-3-2-4-7(9(6)17)10(18)15-5-8(16)11(12,13)14/h2-4,8,16-17H,5H2,1H3,(H,15,18).